The number of sulfonamides is 1. The molecule has 6 heteroatoms. The average Bonchev–Trinajstić information content (AvgIpc) is 2.45. The van der Waals surface area contributed by atoms with Crippen molar-refractivity contribution in [2.45, 2.75) is 11.8 Å². The molecule has 0 aliphatic rings. The Morgan fingerprint density at radius 1 is 1.18 bits per heavy atom. The molecule has 0 bridgehead atoms. The predicted molar refractivity (Wildman–Crippen MR) is 90.1 cm³/mol. The Morgan fingerprint density at radius 2 is 1.86 bits per heavy atom. The lowest BCUT2D eigenvalue weighted by Gasteiger charge is -2.04. The molecule has 0 amide bonds. The number of primary sulfonamides is 1. The zero-order valence-electron chi connectivity index (χ0n) is 11.8. The van der Waals surface area contributed by atoms with Gasteiger partial charge in [0.05, 0.1) is 4.90 Å². The molecule has 22 heavy (non-hydrogen) atoms. The number of hydrogen-bond acceptors (Lipinski definition) is 3. The third kappa shape index (κ3) is 3.91. The van der Waals surface area contributed by atoms with Gasteiger partial charge >= 0.3 is 0 Å². The van der Waals surface area contributed by atoms with Crippen LogP contribution in [0.1, 0.15) is 21.5 Å². The van der Waals surface area contributed by atoms with Gasteiger partial charge in [-0.15, -0.1) is 0 Å². The van der Waals surface area contributed by atoms with Gasteiger partial charge in [0.25, 0.3) is 0 Å². The maximum absolute atomic E-state index is 12.2. The summed E-state index contributed by atoms with van der Waals surface area (Å²) in [5.74, 6) is -0.291. The van der Waals surface area contributed by atoms with Crippen molar-refractivity contribution >= 4 is 37.8 Å². The number of ketones is 1. The van der Waals surface area contributed by atoms with Gasteiger partial charge in [0.2, 0.25) is 10.0 Å². The molecule has 0 aliphatic carbocycles. The van der Waals surface area contributed by atoms with Crippen molar-refractivity contribution in [3.8, 4) is 0 Å². The first-order chi connectivity index (χ1) is 10.3. The van der Waals surface area contributed by atoms with Crippen LogP contribution >= 0.6 is 15.9 Å². The molecule has 114 valence electrons. The number of rotatable bonds is 4. The third-order valence-corrected chi connectivity index (χ3v) is 5.03. The van der Waals surface area contributed by atoms with Crippen LogP contribution in [0.3, 0.4) is 0 Å². The highest BCUT2D eigenvalue weighted by atomic mass is 79.9. The number of hydrogen-bond donors (Lipinski definition) is 1. The van der Waals surface area contributed by atoms with Gasteiger partial charge in [0.1, 0.15) is 0 Å². The topological polar surface area (TPSA) is 77.2 Å². The van der Waals surface area contributed by atoms with E-state index in [1.54, 1.807) is 12.1 Å². The first-order valence-corrected chi connectivity index (χ1v) is 8.73. The zero-order chi connectivity index (χ0) is 16.3. The Labute approximate surface area is 137 Å². The van der Waals surface area contributed by atoms with Crippen molar-refractivity contribution in [2.24, 2.45) is 5.14 Å². The zero-order valence-corrected chi connectivity index (χ0v) is 14.2. The highest BCUT2D eigenvalue weighted by Gasteiger charge is 2.15. The van der Waals surface area contributed by atoms with Gasteiger partial charge in [-0.05, 0) is 58.3 Å². The van der Waals surface area contributed by atoms with Gasteiger partial charge in [-0.25, -0.2) is 13.6 Å². The molecule has 0 unspecified atom stereocenters. The van der Waals surface area contributed by atoms with Crippen LogP contribution in [0.4, 0.5) is 0 Å². The number of halogens is 1. The lowest BCUT2D eigenvalue weighted by Crippen LogP contribution is -2.13. The molecule has 0 aliphatic heterocycles. The molecule has 4 nitrogen and oxygen atoms in total. The number of benzene rings is 2. The van der Waals surface area contributed by atoms with Crippen molar-refractivity contribution in [2.75, 3.05) is 0 Å². The van der Waals surface area contributed by atoms with Crippen molar-refractivity contribution in [1.29, 1.82) is 0 Å². The fraction of sp³-hybridized carbons (Fsp3) is 0.0625. The summed E-state index contributed by atoms with van der Waals surface area (Å²) >= 11 is 3.11. The molecular formula is C16H14BrNO3S. The Kier molecular flexibility index (Phi) is 4.95. The van der Waals surface area contributed by atoms with E-state index in [1.807, 2.05) is 31.2 Å². The second-order valence-corrected chi connectivity index (χ2v) is 7.13. The molecule has 2 aromatic carbocycles. The van der Waals surface area contributed by atoms with Gasteiger partial charge < -0.3 is 0 Å². The molecule has 2 N–H and O–H groups in total. The maximum atomic E-state index is 12.2. The van der Waals surface area contributed by atoms with Crippen LogP contribution in [-0.4, -0.2) is 14.2 Å². The van der Waals surface area contributed by atoms with Gasteiger partial charge in [-0.1, -0.05) is 30.3 Å². The van der Waals surface area contributed by atoms with Crippen LogP contribution in [0.2, 0.25) is 0 Å². The molecule has 0 fully saturated rings. The number of aryl methyl sites for hydroxylation is 1. The highest BCUT2D eigenvalue weighted by Crippen LogP contribution is 2.22. The van der Waals surface area contributed by atoms with E-state index < -0.39 is 10.0 Å². The summed E-state index contributed by atoms with van der Waals surface area (Å²) in [7, 11) is -3.89. The Morgan fingerprint density at radius 3 is 2.50 bits per heavy atom. The van der Waals surface area contributed by atoms with Crippen molar-refractivity contribution in [3.05, 3.63) is 69.7 Å². The second-order valence-electron chi connectivity index (χ2n) is 4.74. The third-order valence-electron chi connectivity index (χ3n) is 3.12. The SMILES string of the molecule is Cc1ccccc1C=CC(=O)c1ccc(Br)c(S(N)(=O)=O)c1. The van der Waals surface area contributed by atoms with Gasteiger partial charge in [0, 0.05) is 10.0 Å². The van der Waals surface area contributed by atoms with Gasteiger partial charge in [-0.2, -0.15) is 0 Å². The molecule has 0 atom stereocenters. The summed E-state index contributed by atoms with van der Waals surface area (Å²) in [6.45, 7) is 1.95. The lowest BCUT2D eigenvalue weighted by atomic mass is 10.1. The number of carbonyl (C=O) groups excluding carboxylic acids is 1. The number of carbonyl (C=O) groups is 1. The van der Waals surface area contributed by atoms with Crippen LogP contribution in [0, 0.1) is 6.92 Å². The normalized spacial score (nSPS) is 11.8. The lowest BCUT2D eigenvalue weighted by molar-refractivity contribution is 0.104. The first-order valence-electron chi connectivity index (χ1n) is 6.39. The molecule has 0 radical (unpaired) electrons. The summed E-state index contributed by atoms with van der Waals surface area (Å²) in [5, 5.41) is 5.12. The Balaban J connectivity index is 2.33. The maximum Gasteiger partial charge on any atom is 0.239 e. The second kappa shape index (κ2) is 6.56. The molecule has 0 spiro atoms. The molecule has 2 aromatic rings. The van der Waals surface area contributed by atoms with Crippen molar-refractivity contribution in [3.63, 3.8) is 0 Å². The molecular weight excluding hydrogens is 366 g/mol. The first kappa shape index (κ1) is 16.6. The molecule has 0 saturated heterocycles. The van der Waals surface area contributed by atoms with E-state index in [4.69, 9.17) is 5.14 Å². The average molecular weight is 380 g/mol. The minimum absolute atomic E-state index is 0.109. The Bertz CT molecular complexity index is 857. The molecule has 2 rings (SSSR count). The van der Waals surface area contributed by atoms with Crippen LogP contribution in [0.15, 0.2) is 57.9 Å². The predicted octanol–water partition coefficient (Wildman–Crippen LogP) is 3.30. The van der Waals surface area contributed by atoms with Crippen LogP contribution in [0.5, 0.6) is 0 Å². The van der Waals surface area contributed by atoms with E-state index in [0.717, 1.165) is 11.1 Å². The van der Waals surface area contributed by atoms with E-state index in [2.05, 4.69) is 15.9 Å². The number of nitrogens with two attached hydrogens (primary N) is 1. The van der Waals surface area contributed by atoms with E-state index in [-0.39, 0.29) is 16.2 Å². The fourth-order valence-electron chi connectivity index (χ4n) is 1.91. The fourth-order valence-corrected chi connectivity index (χ4v) is 3.46. The smallest absolute Gasteiger partial charge is 0.239 e. The van der Waals surface area contributed by atoms with Crippen LogP contribution < -0.4 is 5.14 Å². The monoisotopic (exact) mass is 379 g/mol. The summed E-state index contributed by atoms with van der Waals surface area (Å²) in [6.07, 6.45) is 3.12. The summed E-state index contributed by atoms with van der Waals surface area (Å²) in [6, 6.07) is 12.0. The summed E-state index contributed by atoms with van der Waals surface area (Å²) in [5.41, 5.74) is 2.24. The van der Waals surface area contributed by atoms with E-state index >= 15 is 0 Å². The van der Waals surface area contributed by atoms with E-state index in [1.165, 1.54) is 18.2 Å². The van der Waals surface area contributed by atoms with Gasteiger partial charge in [0.15, 0.2) is 5.78 Å². The Hall–Kier alpha value is -1.76. The standard InChI is InChI=1S/C16H14BrNO3S/c1-11-4-2-3-5-12(11)7-9-15(19)13-6-8-14(17)16(10-13)22(18,20)21/h2-10H,1H3,(H2,18,20,21). The minimum atomic E-state index is -3.89. The van der Waals surface area contributed by atoms with Crippen LogP contribution in [-0.2, 0) is 10.0 Å². The summed E-state index contributed by atoms with van der Waals surface area (Å²) in [4.78, 5) is 12.1. The largest absolute Gasteiger partial charge is 0.289 e. The van der Waals surface area contributed by atoms with Gasteiger partial charge in [-0.3, -0.25) is 4.79 Å². The minimum Gasteiger partial charge on any atom is -0.289 e. The molecule has 0 saturated carbocycles. The van der Waals surface area contributed by atoms with E-state index in [9.17, 15) is 13.2 Å². The van der Waals surface area contributed by atoms with Crippen molar-refractivity contribution < 1.29 is 13.2 Å². The van der Waals surface area contributed by atoms with Crippen molar-refractivity contribution in [1.82, 2.24) is 0 Å². The molecule has 0 aromatic heterocycles. The summed E-state index contributed by atoms with van der Waals surface area (Å²) < 4.78 is 23.3. The molecule has 0 heterocycles. The van der Waals surface area contributed by atoms with E-state index in [0.29, 0.717) is 4.47 Å². The highest BCUT2D eigenvalue weighted by molar-refractivity contribution is 9.10. The van der Waals surface area contributed by atoms with Crippen LogP contribution in [0.25, 0.3) is 6.08 Å². The quantitative estimate of drug-likeness (QED) is 0.653. The number of allylic oxidation sites excluding steroid dienone is 1.